The Morgan fingerprint density at radius 3 is 2.44 bits per heavy atom. The smallest absolute Gasteiger partial charge is 0.0888 e. The Morgan fingerprint density at radius 2 is 1.80 bits per heavy atom. The minimum atomic E-state index is 0.690. The van der Waals surface area contributed by atoms with Crippen molar-refractivity contribution >= 4 is 27.5 Å². The maximum atomic E-state index is 6.33. The fraction of sp³-hybridized carbons (Fsp3) is 0.500. The zero-order valence-corrected chi connectivity index (χ0v) is 17.3. The van der Waals surface area contributed by atoms with Gasteiger partial charge in [0.2, 0.25) is 0 Å². The van der Waals surface area contributed by atoms with E-state index in [2.05, 4.69) is 52.1 Å². The molecule has 134 valence electrons. The van der Waals surface area contributed by atoms with E-state index in [1.54, 1.807) is 6.20 Å². The predicted octanol–water partition coefficient (Wildman–Crippen LogP) is 8.02. The summed E-state index contributed by atoms with van der Waals surface area (Å²) in [6, 6.07) is 10.8. The number of aromatic nitrogens is 1. The lowest BCUT2D eigenvalue weighted by Crippen LogP contribution is -2.13. The van der Waals surface area contributed by atoms with Gasteiger partial charge in [0.05, 0.1) is 10.7 Å². The Morgan fingerprint density at radius 1 is 1.08 bits per heavy atom. The van der Waals surface area contributed by atoms with Gasteiger partial charge in [0.25, 0.3) is 0 Å². The summed E-state index contributed by atoms with van der Waals surface area (Å²) in [5.74, 6) is 1.69. The number of benzene rings is 1. The van der Waals surface area contributed by atoms with E-state index in [9.17, 15) is 0 Å². The van der Waals surface area contributed by atoms with Crippen molar-refractivity contribution in [1.29, 1.82) is 0 Å². The van der Waals surface area contributed by atoms with Crippen LogP contribution in [0.2, 0.25) is 5.02 Å². The zero-order chi connectivity index (χ0) is 17.6. The molecule has 1 heterocycles. The Labute approximate surface area is 165 Å². The van der Waals surface area contributed by atoms with Crippen LogP contribution in [0.4, 0.5) is 0 Å². The third-order valence-corrected chi connectivity index (χ3v) is 6.25. The second-order valence-corrected chi connectivity index (χ2v) is 8.64. The van der Waals surface area contributed by atoms with Gasteiger partial charge in [-0.25, -0.2) is 0 Å². The lowest BCUT2D eigenvalue weighted by atomic mass is 9.77. The fourth-order valence-corrected chi connectivity index (χ4v) is 4.75. The first-order valence-corrected chi connectivity index (χ1v) is 10.8. The van der Waals surface area contributed by atoms with Crippen LogP contribution in [-0.2, 0) is 0 Å². The van der Waals surface area contributed by atoms with Crippen molar-refractivity contribution in [3.8, 4) is 11.3 Å². The van der Waals surface area contributed by atoms with Crippen molar-refractivity contribution < 1.29 is 0 Å². The van der Waals surface area contributed by atoms with Crippen LogP contribution in [0.1, 0.15) is 69.8 Å². The summed E-state index contributed by atoms with van der Waals surface area (Å²) in [7, 11) is 0. The molecule has 0 N–H and O–H groups in total. The largest absolute Gasteiger partial charge is 0.254 e. The van der Waals surface area contributed by atoms with Gasteiger partial charge in [-0.1, -0.05) is 68.5 Å². The van der Waals surface area contributed by atoms with Crippen molar-refractivity contribution in [1.82, 2.24) is 4.98 Å². The van der Waals surface area contributed by atoms with Gasteiger partial charge in [-0.3, -0.25) is 4.98 Å². The zero-order valence-electron chi connectivity index (χ0n) is 15.0. The highest BCUT2D eigenvalue weighted by molar-refractivity contribution is 9.10. The van der Waals surface area contributed by atoms with Gasteiger partial charge in [-0.2, -0.15) is 0 Å². The second kappa shape index (κ2) is 9.19. The molecule has 1 saturated carbocycles. The van der Waals surface area contributed by atoms with Crippen LogP contribution in [0.15, 0.2) is 41.0 Å². The summed E-state index contributed by atoms with van der Waals surface area (Å²) in [5, 5.41) is 0.690. The topological polar surface area (TPSA) is 12.9 Å². The number of nitrogens with zero attached hydrogens (tertiary/aromatic N) is 1. The monoisotopic (exact) mass is 419 g/mol. The maximum Gasteiger partial charge on any atom is 0.0888 e. The first-order valence-electron chi connectivity index (χ1n) is 9.58. The molecular formula is C22H27BrClN. The van der Waals surface area contributed by atoms with Gasteiger partial charge in [0.15, 0.2) is 0 Å². The molecule has 1 aliphatic rings. The van der Waals surface area contributed by atoms with Gasteiger partial charge in [-0.05, 0) is 65.1 Å². The lowest BCUT2D eigenvalue weighted by Gasteiger charge is -2.29. The van der Waals surface area contributed by atoms with Gasteiger partial charge >= 0.3 is 0 Å². The molecule has 1 fully saturated rings. The standard InChI is InChI=1S/C22H27BrClN/c1-2-3-4-5-16-6-8-17(9-7-16)18-10-12-19(13-11-18)22-21(24)14-20(23)15-25-22/h10-17H,2-9H2,1H3/t16-,17-. The molecule has 1 aromatic carbocycles. The van der Waals surface area contributed by atoms with Crippen LogP contribution in [0.25, 0.3) is 11.3 Å². The average Bonchev–Trinajstić information content (AvgIpc) is 2.63. The summed E-state index contributed by atoms with van der Waals surface area (Å²) in [6.07, 6.45) is 12.9. The molecule has 0 amide bonds. The molecule has 1 nitrogen and oxygen atoms in total. The summed E-state index contributed by atoms with van der Waals surface area (Å²) < 4.78 is 0.911. The van der Waals surface area contributed by atoms with E-state index in [0.29, 0.717) is 5.02 Å². The quantitative estimate of drug-likeness (QED) is 0.431. The Balaban J connectivity index is 1.60. The molecule has 3 heteroatoms. The van der Waals surface area contributed by atoms with E-state index in [0.717, 1.165) is 27.6 Å². The Hall–Kier alpha value is -0.860. The lowest BCUT2D eigenvalue weighted by molar-refractivity contribution is 0.303. The summed E-state index contributed by atoms with van der Waals surface area (Å²) >= 11 is 9.74. The van der Waals surface area contributed by atoms with Crippen molar-refractivity contribution in [2.75, 3.05) is 0 Å². The van der Waals surface area contributed by atoms with E-state index in [4.69, 9.17) is 11.6 Å². The molecule has 2 aromatic rings. The summed E-state index contributed by atoms with van der Waals surface area (Å²) in [4.78, 5) is 4.46. The first-order chi connectivity index (χ1) is 12.2. The minimum Gasteiger partial charge on any atom is -0.254 e. The molecular weight excluding hydrogens is 394 g/mol. The minimum absolute atomic E-state index is 0.690. The average molecular weight is 421 g/mol. The molecule has 3 rings (SSSR count). The molecule has 0 unspecified atom stereocenters. The Bertz CT molecular complexity index is 675. The molecule has 0 spiro atoms. The number of halogens is 2. The fourth-order valence-electron chi connectivity index (χ4n) is 4.01. The van der Waals surface area contributed by atoms with Crippen LogP contribution in [0.3, 0.4) is 0 Å². The molecule has 0 radical (unpaired) electrons. The normalized spacial score (nSPS) is 20.6. The number of pyridine rings is 1. The molecule has 25 heavy (non-hydrogen) atoms. The molecule has 0 atom stereocenters. The van der Waals surface area contributed by atoms with Crippen LogP contribution in [-0.4, -0.2) is 4.98 Å². The van der Waals surface area contributed by atoms with E-state index in [1.807, 2.05) is 6.07 Å². The number of hydrogen-bond donors (Lipinski definition) is 0. The van der Waals surface area contributed by atoms with Crippen molar-refractivity contribution in [2.45, 2.75) is 64.2 Å². The van der Waals surface area contributed by atoms with Gasteiger partial charge in [0, 0.05) is 16.2 Å². The third-order valence-electron chi connectivity index (χ3n) is 5.53. The molecule has 1 aromatic heterocycles. The van der Waals surface area contributed by atoms with Crippen molar-refractivity contribution in [3.05, 3.63) is 51.6 Å². The third kappa shape index (κ3) is 5.08. The highest BCUT2D eigenvalue weighted by atomic mass is 79.9. The van der Waals surface area contributed by atoms with Gasteiger partial charge < -0.3 is 0 Å². The molecule has 0 aliphatic heterocycles. The second-order valence-electron chi connectivity index (χ2n) is 7.32. The molecule has 0 bridgehead atoms. The van der Waals surface area contributed by atoms with Crippen LogP contribution in [0.5, 0.6) is 0 Å². The highest BCUT2D eigenvalue weighted by Crippen LogP contribution is 2.38. The summed E-state index contributed by atoms with van der Waals surface area (Å²) in [6.45, 7) is 2.29. The highest BCUT2D eigenvalue weighted by Gasteiger charge is 2.22. The van der Waals surface area contributed by atoms with Crippen molar-refractivity contribution in [2.24, 2.45) is 5.92 Å². The SMILES string of the molecule is CCCCC[C@H]1CC[C@H](c2ccc(-c3ncc(Br)cc3Cl)cc2)CC1. The summed E-state index contributed by atoms with van der Waals surface area (Å²) in [5.41, 5.74) is 3.43. The number of unbranched alkanes of at least 4 members (excludes halogenated alkanes) is 2. The maximum absolute atomic E-state index is 6.33. The number of hydrogen-bond acceptors (Lipinski definition) is 1. The predicted molar refractivity (Wildman–Crippen MR) is 111 cm³/mol. The van der Waals surface area contributed by atoms with E-state index < -0.39 is 0 Å². The molecule has 1 aliphatic carbocycles. The molecule has 0 saturated heterocycles. The van der Waals surface area contributed by atoms with Crippen LogP contribution in [0, 0.1) is 5.92 Å². The van der Waals surface area contributed by atoms with Gasteiger partial charge in [0.1, 0.15) is 0 Å². The van der Waals surface area contributed by atoms with Gasteiger partial charge in [-0.15, -0.1) is 0 Å². The Kier molecular flexibility index (Phi) is 6.95. The van der Waals surface area contributed by atoms with E-state index in [-0.39, 0.29) is 0 Å². The van der Waals surface area contributed by atoms with E-state index >= 15 is 0 Å². The van der Waals surface area contributed by atoms with Crippen molar-refractivity contribution in [3.63, 3.8) is 0 Å². The van der Waals surface area contributed by atoms with Crippen LogP contribution < -0.4 is 0 Å². The first kappa shape index (κ1) is 18.9. The number of rotatable bonds is 6. The van der Waals surface area contributed by atoms with E-state index in [1.165, 1.54) is 56.9 Å². The van der Waals surface area contributed by atoms with Crippen LogP contribution >= 0.6 is 27.5 Å².